The summed E-state index contributed by atoms with van der Waals surface area (Å²) < 4.78 is 5.58. The van der Waals surface area contributed by atoms with Gasteiger partial charge in [0.25, 0.3) is 0 Å². The van der Waals surface area contributed by atoms with Gasteiger partial charge in [-0.05, 0) is 31.6 Å². The second-order valence-corrected chi connectivity index (χ2v) is 5.12. The Morgan fingerprint density at radius 2 is 2.28 bits per heavy atom. The standard InChI is InChI=1S/C13H25N3O.HI/c1-3-5-10-8-12(10)16-13(14-2)15-9-11-6-4-7-17-11;/h10-12H,3-9H2,1-2H3,(H2,14,15,16);1H. The van der Waals surface area contributed by atoms with E-state index in [-0.39, 0.29) is 24.0 Å². The van der Waals surface area contributed by atoms with E-state index in [1.54, 1.807) is 0 Å². The van der Waals surface area contributed by atoms with Gasteiger partial charge in [-0.2, -0.15) is 0 Å². The molecule has 0 aromatic rings. The minimum absolute atomic E-state index is 0. The zero-order valence-electron chi connectivity index (χ0n) is 11.4. The van der Waals surface area contributed by atoms with E-state index in [2.05, 4.69) is 22.5 Å². The maximum absolute atomic E-state index is 5.58. The van der Waals surface area contributed by atoms with Gasteiger partial charge in [0.15, 0.2) is 5.96 Å². The molecule has 0 radical (unpaired) electrons. The van der Waals surface area contributed by atoms with Crippen molar-refractivity contribution in [3.8, 4) is 0 Å². The van der Waals surface area contributed by atoms with Crippen LogP contribution in [0.15, 0.2) is 4.99 Å². The molecule has 1 heterocycles. The van der Waals surface area contributed by atoms with Crippen molar-refractivity contribution in [3.05, 3.63) is 0 Å². The molecule has 1 aliphatic heterocycles. The predicted octanol–water partition coefficient (Wildman–Crippen LogP) is 2.14. The van der Waals surface area contributed by atoms with Crippen LogP contribution in [0.2, 0.25) is 0 Å². The van der Waals surface area contributed by atoms with E-state index in [9.17, 15) is 0 Å². The molecular weight excluding hydrogens is 341 g/mol. The SMILES string of the molecule is CCCC1CC1NC(=NC)NCC1CCCO1.I. The fraction of sp³-hybridized carbons (Fsp3) is 0.923. The lowest BCUT2D eigenvalue weighted by molar-refractivity contribution is 0.114. The van der Waals surface area contributed by atoms with E-state index in [1.807, 2.05) is 7.05 Å². The molecule has 2 fully saturated rings. The third-order valence-corrected chi connectivity index (χ3v) is 3.65. The van der Waals surface area contributed by atoms with Gasteiger partial charge >= 0.3 is 0 Å². The number of halogens is 1. The van der Waals surface area contributed by atoms with Gasteiger partial charge in [0.2, 0.25) is 0 Å². The van der Waals surface area contributed by atoms with Crippen molar-refractivity contribution in [2.45, 2.75) is 51.2 Å². The normalized spacial score (nSPS) is 30.8. The van der Waals surface area contributed by atoms with E-state index >= 15 is 0 Å². The van der Waals surface area contributed by atoms with Crippen LogP contribution in [0.4, 0.5) is 0 Å². The van der Waals surface area contributed by atoms with Crippen molar-refractivity contribution in [2.24, 2.45) is 10.9 Å². The van der Waals surface area contributed by atoms with Crippen LogP contribution in [0.3, 0.4) is 0 Å². The molecule has 2 aliphatic rings. The molecule has 2 rings (SSSR count). The predicted molar refractivity (Wildman–Crippen MR) is 85.7 cm³/mol. The van der Waals surface area contributed by atoms with Gasteiger partial charge in [-0.3, -0.25) is 4.99 Å². The maximum Gasteiger partial charge on any atom is 0.191 e. The molecule has 0 aromatic carbocycles. The minimum Gasteiger partial charge on any atom is -0.376 e. The lowest BCUT2D eigenvalue weighted by Gasteiger charge is -2.15. The van der Waals surface area contributed by atoms with Crippen molar-refractivity contribution in [3.63, 3.8) is 0 Å². The van der Waals surface area contributed by atoms with Crippen LogP contribution in [-0.2, 0) is 4.74 Å². The molecule has 106 valence electrons. The van der Waals surface area contributed by atoms with E-state index in [4.69, 9.17) is 4.74 Å². The molecule has 1 saturated heterocycles. The Hall–Kier alpha value is -0.0400. The molecule has 5 heteroatoms. The zero-order chi connectivity index (χ0) is 12.1. The van der Waals surface area contributed by atoms with Crippen molar-refractivity contribution >= 4 is 29.9 Å². The first-order chi connectivity index (χ1) is 8.33. The molecule has 2 N–H and O–H groups in total. The highest BCUT2D eigenvalue weighted by Crippen LogP contribution is 2.34. The Bertz CT molecular complexity index is 267. The highest BCUT2D eigenvalue weighted by Gasteiger charge is 2.36. The molecular formula is C13H26IN3O. The topological polar surface area (TPSA) is 45.7 Å². The van der Waals surface area contributed by atoms with Crippen LogP contribution in [0.1, 0.15) is 39.0 Å². The summed E-state index contributed by atoms with van der Waals surface area (Å²) in [7, 11) is 1.84. The Morgan fingerprint density at radius 1 is 1.44 bits per heavy atom. The fourth-order valence-corrected chi connectivity index (χ4v) is 2.50. The summed E-state index contributed by atoms with van der Waals surface area (Å²) in [6.45, 7) is 4.05. The average Bonchev–Trinajstić information content (AvgIpc) is 2.86. The third-order valence-electron chi connectivity index (χ3n) is 3.65. The van der Waals surface area contributed by atoms with Gasteiger partial charge in [-0.1, -0.05) is 13.3 Å². The summed E-state index contributed by atoms with van der Waals surface area (Å²) in [6.07, 6.45) is 6.66. The minimum atomic E-state index is 0. The fourth-order valence-electron chi connectivity index (χ4n) is 2.50. The zero-order valence-corrected chi connectivity index (χ0v) is 13.8. The number of nitrogens with zero attached hydrogens (tertiary/aromatic N) is 1. The lowest BCUT2D eigenvalue weighted by Crippen LogP contribution is -2.42. The van der Waals surface area contributed by atoms with Gasteiger partial charge < -0.3 is 15.4 Å². The Labute approximate surface area is 127 Å². The number of hydrogen-bond acceptors (Lipinski definition) is 2. The third kappa shape index (κ3) is 4.91. The highest BCUT2D eigenvalue weighted by atomic mass is 127. The van der Waals surface area contributed by atoms with Crippen molar-refractivity contribution in [1.29, 1.82) is 0 Å². The van der Waals surface area contributed by atoms with E-state index in [1.165, 1.54) is 32.1 Å². The van der Waals surface area contributed by atoms with Crippen LogP contribution in [0.5, 0.6) is 0 Å². The number of nitrogens with one attached hydrogen (secondary N) is 2. The Kier molecular flexibility index (Phi) is 7.29. The van der Waals surface area contributed by atoms with Crippen LogP contribution in [-0.4, -0.2) is 38.3 Å². The van der Waals surface area contributed by atoms with Gasteiger partial charge in [-0.25, -0.2) is 0 Å². The van der Waals surface area contributed by atoms with E-state index in [0.29, 0.717) is 12.1 Å². The summed E-state index contributed by atoms with van der Waals surface area (Å²) in [6, 6.07) is 0.644. The molecule has 3 atom stereocenters. The smallest absolute Gasteiger partial charge is 0.191 e. The lowest BCUT2D eigenvalue weighted by atomic mass is 10.2. The highest BCUT2D eigenvalue weighted by molar-refractivity contribution is 14.0. The van der Waals surface area contributed by atoms with Crippen molar-refractivity contribution in [1.82, 2.24) is 10.6 Å². The molecule has 1 aliphatic carbocycles. The first kappa shape index (κ1) is 16.0. The van der Waals surface area contributed by atoms with Crippen molar-refractivity contribution < 1.29 is 4.74 Å². The van der Waals surface area contributed by atoms with Crippen LogP contribution < -0.4 is 10.6 Å². The van der Waals surface area contributed by atoms with Crippen molar-refractivity contribution in [2.75, 3.05) is 20.2 Å². The first-order valence-corrected chi connectivity index (χ1v) is 6.92. The molecule has 18 heavy (non-hydrogen) atoms. The van der Waals surface area contributed by atoms with Crippen LogP contribution in [0.25, 0.3) is 0 Å². The molecule has 0 bridgehead atoms. The van der Waals surface area contributed by atoms with Gasteiger partial charge in [0, 0.05) is 26.2 Å². The summed E-state index contributed by atoms with van der Waals surface area (Å²) in [5.74, 6) is 1.80. The van der Waals surface area contributed by atoms with E-state index < -0.39 is 0 Å². The van der Waals surface area contributed by atoms with Crippen LogP contribution >= 0.6 is 24.0 Å². The molecule has 3 unspecified atom stereocenters. The second kappa shape index (κ2) is 8.19. The molecule has 0 aromatic heterocycles. The number of guanidine groups is 1. The largest absolute Gasteiger partial charge is 0.376 e. The maximum atomic E-state index is 5.58. The number of ether oxygens (including phenoxy) is 1. The first-order valence-electron chi connectivity index (χ1n) is 6.92. The second-order valence-electron chi connectivity index (χ2n) is 5.12. The molecule has 1 saturated carbocycles. The average molecular weight is 367 g/mol. The van der Waals surface area contributed by atoms with Gasteiger partial charge in [0.1, 0.15) is 0 Å². The van der Waals surface area contributed by atoms with Gasteiger partial charge in [-0.15, -0.1) is 24.0 Å². The van der Waals surface area contributed by atoms with Gasteiger partial charge in [0.05, 0.1) is 6.10 Å². The summed E-state index contributed by atoms with van der Waals surface area (Å²) in [4.78, 5) is 4.26. The Morgan fingerprint density at radius 3 is 2.89 bits per heavy atom. The number of aliphatic imine (C=N–C) groups is 1. The van der Waals surface area contributed by atoms with E-state index in [0.717, 1.165) is 25.0 Å². The van der Waals surface area contributed by atoms with Crippen LogP contribution in [0, 0.1) is 5.92 Å². The quantitative estimate of drug-likeness (QED) is 0.445. The Balaban J connectivity index is 0.00000162. The molecule has 4 nitrogen and oxygen atoms in total. The summed E-state index contributed by atoms with van der Waals surface area (Å²) in [5, 5.41) is 6.84. The molecule has 0 amide bonds. The number of hydrogen-bond donors (Lipinski definition) is 2. The summed E-state index contributed by atoms with van der Waals surface area (Å²) in [5.41, 5.74) is 0. The number of rotatable bonds is 5. The molecule has 0 spiro atoms. The monoisotopic (exact) mass is 367 g/mol. The summed E-state index contributed by atoms with van der Waals surface area (Å²) >= 11 is 0.